The fraction of sp³-hybridized carbons (Fsp3) is 0.667. The highest BCUT2D eigenvalue weighted by molar-refractivity contribution is 5.59. The third-order valence-corrected chi connectivity index (χ3v) is 8.03. The van der Waals surface area contributed by atoms with Crippen LogP contribution in [0.3, 0.4) is 0 Å². The molecule has 0 fully saturated rings. The third-order valence-electron chi connectivity index (χ3n) is 8.03. The van der Waals surface area contributed by atoms with Gasteiger partial charge in [0.25, 0.3) is 0 Å². The SMILES string of the molecule is CCCCc1cc(O)c(CCCC)c(CCCC)c1Oc1c(CCCC)cc(O)c(CCCC)c1CCCC. The number of aromatic hydroxyl groups is 2. The summed E-state index contributed by atoms with van der Waals surface area (Å²) >= 11 is 0. The van der Waals surface area contributed by atoms with Gasteiger partial charge >= 0.3 is 0 Å². The predicted molar refractivity (Wildman–Crippen MR) is 168 cm³/mol. The van der Waals surface area contributed by atoms with E-state index in [-0.39, 0.29) is 0 Å². The van der Waals surface area contributed by atoms with E-state index < -0.39 is 0 Å². The number of hydrogen-bond acceptors (Lipinski definition) is 3. The zero-order valence-corrected chi connectivity index (χ0v) is 26.2. The molecule has 2 N–H and O–H groups in total. The molecule has 0 heterocycles. The molecule has 2 rings (SSSR count). The quantitative estimate of drug-likeness (QED) is 0.176. The first-order chi connectivity index (χ1) is 19.0. The standard InChI is InChI=1S/C36H58O3/c1-7-13-19-27-25-33(37)29(21-15-9-3)31(23-17-11-5)35(27)39-36-28(20-14-8-2)26-34(38)30(22-16-10-4)32(36)24-18-12-6/h25-26,37-38H,7-24H2,1-6H3. The second kappa shape index (κ2) is 18.2. The number of benzene rings is 2. The van der Waals surface area contributed by atoms with Gasteiger partial charge in [0.1, 0.15) is 23.0 Å². The molecule has 0 aliphatic rings. The van der Waals surface area contributed by atoms with Gasteiger partial charge in [-0.15, -0.1) is 0 Å². The molecule has 0 amide bonds. The molecule has 0 atom stereocenters. The number of rotatable bonds is 20. The summed E-state index contributed by atoms with van der Waals surface area (Å²) in [5, 5.41) is 22.4. The number of hydrogen-bond donors (Lipinski definition) is 2. The van der Waals surface area contributed by atoms with Crippen molar-refractivity contribution in [1.29, 1.82) is 0 Å². The van der Waals surface area contributed by atoms with E-state index in [1.165, 1.54) is 11.1 Å². The number of phenolic OH excluding ortho intramolecular Hbond substituents is 2. The highest BCUT2D eigenvalue weighted by Gasteiger charge is 2.24. The lowest BCUT2D eigenvalue weighted by atomic mass is 9.90. The Balaban J connectivity index is 2.84. The first-order valence-electron chi connectivity index (χ1n) is 16.4. The van der Waals surface area contributed by atoms with Crippen molar-refractivity contribution in [2.75, 3.05) is 0 Å². The Hall–Kier alpha value is -2.16. The van der Waals surface area contributed by atoms with E-state index in [0.29, 0.717) is 11.5 Å². The van der Waals surface area contributed by atoms with Gasteiger partial charge in [-0.1, -0.05) is 80.1 Å². The molecule has 0 saturated heterocycles. The molecular formula is C36H58O3. The van der Waals surface area contributed by atoms with Gasteiger partial charge in [-0.3, -0.25) is 0 Å². The van der Waals surface area contributed by atoms with Crippen molar-refractivity contribution in [3.63, 3.8) is 0 Å². The molecule has 0 saturated carbocycles. The second-order valence-electron chi connectivity index (χ2n) is 11.4. The van der Waals surface area contributed by atoms with Crippen LogP contribution in [0.4, 0.5) is 0 Å². The summed E-state index contributed by atoms with van der Waals surface area (Å²) in [5.41, 5.74) is 6.84. The van der Waals surface area contributed by atoms with Crippen molar-refractivity contribution >= 4 is 0 Å². The molecule has 39 heavy (non-hydrogen) atoms. The average molecular weight is 539 g/mol. The largest absolute Gasteiger partial charge is 0.508 e. The Kier molecular flexibility index (Phi) is 15.5. The zero-order valence-electron chi connectivity index (χ0n) is 26.2. The van der Waals surface area contributed by atoms with Crippen LogP contribution in [0.15, 0.2) is 12.1 Å². The van der Waals surface area contributed by atoms with Crippen LogP contribution in [0.25, 0.3) is 0 Å². The van der Waals surface area contributed by atoms with Gasteiger partial charge in [-0.2, -0.15) is 0 Å². The van der Waals surface area contributed by atoms with Crippen LogP contribution in [-0.2, 0) is 38.5 Å². The maximum absolute atomic E-state index is 11.2. The lowest BCUT2D eigenvalue weighted by molar-refractivity contribution is 0.430. The van der Waals surface area contributed by atoms with Gasteiger partial charge in [0.2, 0.25) is 0 Å². The highest BCUT2D eigenvalue weighted by atomic mass is 16.5. The number of phenols is 2. The van der Waals surface area contributed by atoms with Crippen molar-refractivity contribution in [3.8, 4) is 23.0 Å². The van der Waals surface area contributed by atoms with Crippen molar-refractivity contribution in [2.45, 2.75) is 157 Å². The minimum Gasteiger partial charge on any atom is -0.508 e. The minimum atomic E-state index is 0.444. The number of ether oxygens (including phenoxy) is 1. The summed E-state index contributed by atoms with van der Waals surface area (Å²) in [6, 6.07) is 4.00. The predicted octanol–water partition coefficient (Wildman–Crippen LogP) is 10.9. The Labute approximate surface area is 240 Å². The molecule has 0 spiro atoms. The molecule has 3 heteroatoms. The smallest absolute Gasteiger partial charge is 0.134 e. The molecule has 0 radical (unpaired) electrons. The molecule has 0 aliphatic heterocycles. The van der Waals surface area contributed by atoms with Gasteiger partial charge < -0.3 is 14.9 Å². The number of unbranched alkanes of at least 4 members (excludes halogenated alkanes) is 6. The third kappa shape index (κ3) is 9.47. The summed E-state index contributed by atoms with van der Waals surface area (Å²) in [6.07, 6.45) is 18.5. The Morgan fingerprint density at radius 3 is 1.03 bits per heavy atom. The van der Waals surface area contributed by atoms with E-state index in [0.717, 1.165) is 149 Å². The Morgan fingerprint density at radius 2 is 0.718 bits per heavy atom. The van der Waals surface area contributed by atoms with Crippen LogP contribution in [0, 0.1) is 0 Å². The lowest BCUT2D eigenvalue weighted by Crippen LogP contribution is -2.08. The molecule has 220 valence electrons. The summed E-state index contributed by atoms with van der Waals surface area (Å²) < 4.78 is 7.22. The van der Waals surface area contributed by atoms with Crippen LogP contribution >= 0.6 is 0 Å². The van der Waals surface area contributed by atoms with E-state index in [9.17, 15) is 10.2 Å². The van der Waals surface area contributed by atoms with Crippen molar-refractivity contribution < 1.29 is 14.9 Å². The van der Waals surface area contributed by atoms with Gasteiger partial charge in [0, 0.05) is 22.3 Å². The van der Waals surface area contributed by atoms with Crippen LogP contribution in [-0.4, -0.2) is 10.2 Å². The fourth-order valence-corrected chi connectivity index (χ4v) is 5.57. The van der Waals surface area contributed by atoms with Crippen LogP contribution in [0.2, 0.25) is 0 Å². The lowest BCUT2D eigenvalue weighted by Gasteiger charge is -2.25. The molecular weight excluding hydrogens is 480 g/mol. The van der Waals surface area contributed by atoms with Crippen molar-refractivity contribution in [3.05, 3.63) is 45.5 Å². The summed E-state index contributed by atoms with van der Waals surface area (Å²) in [7, 11) is 0. The minimum absolute atomic E-state index is 0.444. The van der Waals surface area contributed by atoms with Gasteiger partial charge in [-0.25, -0.2) is 0 Å². The van der Waals surface area contributed by atoms with Crippen LogP contribution in [0.5, 0.6) is 23.0 Å². The van der Waals surface area contributed by atoms with Crippen molar-refractivity contribution in [1.82, 2.24) is 0 Å². The molecule has 0 aromatic heterocycles. The average Bonchev–Trinajstić information content (AvgIpc) is 2.93. The van der Waals surface area contributed by atoms with E-state index in [1.807, 2.05) is 12.1 Å². The monoisotopic (exact) mass is 538 g/mol. The summed E-state index contributed by atoms with van der Waals surface area (Å²) in [6.45, 7) is 13.3. The zero-order chi connectivity index (χ0) is 28.6. The maximum atomic E-state index is 11.2. The Bertz CT molecular complexity index is 912. The fourth-order valence-electron chi connectivity index (χ4n) is 5.57. The highest BCUT2D eigenvalue weighted by Crippen LogP contribution is 2.44. The van der Waals surface area contributed by atoms with E-state index in [4.69, 9.17) is 4.74 Å². The first-order valence-corrected chi connectivity index (χ1v) is 16.4. The molecule has 0 bridgehead atoms. The van der Waals surface area contributed by atoms with Crippen molar-refractivity contribution in [2.24, 2.45) is 0 Å². The van der Waals surface area contributed by atoms with Crippen LogP contribution < -0.4 is 4.74 Å². The molecule has 2 aromatic rings. The maximum Gasteiger partial charge on any atom is 0.134 e. The molecule has 0 aliphatic carbocycles. The van der Waals surface area contributed by atoms with Gasteiger partial charge in [0.05, 0.1) is 0 Å². The van der Waals surface area contributed by atoms with Crippen LogP contribution in [0.1, 0.15) is 152 Å². The first kappa shape index (κ1) is 33.0. The molecule has 0 unspecified atom stereocenters. The topological polar surface area (TPSA) is 49.7 Å². The second-order valence-corrected chi connectivity index (χ2v) is 11.4. The van der Waals surface area contributed by atoms with E-state index >= 15 is 0 Å². The van der Waals surface area contributed by atoms with Gasteiger partial charge in [0.15, 0.2) is 0 Å². The summed E-state index contributed by atoms with van der Waals surface area (Å²) in [4.78, 5) is 0. The number of aryl methyl sites for hydroxylation is 2. The molecule has 3 nitrogen and oxygen atoms in total. The Morgan fingerprint density at radius 1 is 0.436 bits per heavy atom. The van der Waals surface area contributed by atoms with E-state index in [1.54, 1.807) is 0 Å². The van der Waals surface area contributed by atoms with E-state index in [2.05, 4.69) is 41.5 Å². The van der Waals surface area contributed by atoms with Gasteiger partial charge in [-0.05, 0) is 100 Å². The molecule has 2 aromatic carbocycles. The normalized spacial score (nSPS) is 11.3. The summed E-state index contributed by atoms with van der Waals surface area (Å²) in [5.74, 6) is 2.87.